The Bertz CT molecular complexity index is 611. The molecule has 0 amide bonds. The molecule has 1 unspecified atom stereocenters. The van der Waals surface area contributed by atoms with Crippen molar-refractivity contribution in [1.82, 2.24) is 10.2 Å². The Morgan fingerprint density at radius 3 is 2.70 bits per heavy atom. The molecule has 1 aromatic carbocycles. The quantitative estimate of drug-likeness (QED) is 0.634. The zero-order chi connectivity index (χ0) is 16.7. The van der Waals surface area contributed by atoms with E-state index in [1.165, 1.54) is 18.4 Å². The van der Waals surface area contributed by atoms with Crippen molar-refractivity contribution in [2.24, 2.45) is 4.99 Å². The van der Waals surface area contributed by atoms with Crippen molar-refractivity contribution in [1.29, 1.82) is 0 Å². The maximum atomic E-state index is 13.0. The Balaban J connectivity index is 2.00. The minimum atomic E-state index is -0.780. The first kappa shape index (κ1) is 17.0. The number of hydrogen-bond donors (Lipinski definition) is 2. The van der Waals surface area contributed by atoms with E-state index < -0.39 is 6.10 Å². The lowest BCUT2D eigenvalue weighted by molar-refractivity contribution is 0.158. The highest BCUT2D eigenvalue weighted by Gasteiger charge is 2.12. The monoisotopic (exact) mass is 319 g/mol. The Kier molecular flexibility index (Phi) is 6.17. The van der Waals surface area contributed by atoms with E-state index in [1.807, 2.05) is 18.9 Å². The molecule has 1 heterocycles. The fraction of sp³-hybridized carbons (Fsp3) is 0.353. The molecule has 1 aromatic heterocycles. The topological polar surface area (TPSA) is 61.0 Å². The first-order valence-corrected chi connectivity index (χ1v) is 7.55. The number of rotatable bonds is 6. The van der Waals surface area contributed by atoms with E-state index in [9.17, 15) is 9.50 Å². The molecule has 6 heteroatoms. The highest BCUT2D eigenvalue weighted by Crippen LogP contribution is 2.13. The molecule has 0 aliphatic carbocycles. The van der Waals surface area contributed by atoms with Crippen LogP contribution in [-0.2, 0) is 6.54 Å². The maximum absolute atomic E-state index is 13.0. The van der Waals surface area contributed by atoms with Crippen LogP contribution in [0.15, 0.2) is 52.1 Å². The summed E-state index contributed by atoms with van der Waals surface area (Å²) in [6.07, 6.45) is 0.742. The molecule has 0 radical (unpaired) electrons. The number of halogens is 1. The second kappa shape index (κ2) is 8.33. The van der Waals surface area contributed by atoms with Crippen molar-refractivity contribution in [3.8, 4) is 0 Å². The van der Waals surface area contributed by atoms with Crippen molar-refractivity contribution in [2.75, 3.05) is 20.1 Å². The summed E-state index contributed by atoms with van der Waals surface area (Å²) >= 11 is 0. The number of aliphatic hydroxyl groups excluding tert-OH is 1. The Hall–Kier alpha value is -2.34. The summed E-state index contributed by atoms with van der Waals surface area (Å²) in [6, 6.07) is 9.81. The Morgan fingerprint density at radius 2 is 2.09 bits per heavy atom. The van der Waals surface area contributed by atoms with Crippen LogP contribution in [0.3, 0.4) is 0 Å². The SMILES string of the molecule is CCNC(=NCC(O)c1ccco1)N(C)Cc1ccc(F)cc1. The molecular formula is C17H22FN3O2. The number of guanidine groups is 1. The van der Waals surface area contributed by atoms with Gasteiger partial charge in [0.15, 0.2) is 5.96 Å². The largest absolute Gasteiger partial charge is 0.467 e. The van der Waals surface area contributed by atoms with Crippen molar-refractivity contribution in [3.05, 3.63) is 59.8 Å². The van der Waals surface area contributed by atoms with Gasteiger partial charge in [-0.3, -0.25) is 0 Å². The lowest BCUT2D eigenvalue weighted by Crippen LogP contribution is -2.38. The molecular weight excluding hydrogens is 297 g/mol. The second-order valence-corrected chi connectivity index (χ2v) is 5.21. The van der Waals surface area contributed by atoms with Crippen LogP contribution >= 0.6 is 0 Å². The van der Waals surface area contributed by atoms with Crippen LogP contribution in [0.4, 0.5) is 4.39 Å². The number of nitrogens with zero attached hydrogens (tertiary/aromatic N) is 2. The molecule has 2 aromatic rings. The second-order valence-electron chi connectivity index (χ2n) is 5.21. The average Bonchev–Trinajstić information content (AvgIpc) is 3.07. The van der Waals surface area contributed by atoms with Crippen molar-refractivity contribution >= 4 is 5.96 Å². The van der Waals surface area contributed by atoms with Gasteiger partial charge in [0.1, 0.15) is 17.7 Å². The Morgan fingerprint density at radius 1 is 1.35 bits per heavy atom. The number of aliphatic hydroxyl groups is 1. The predicted octanol–water partition coefficient (Wildman–Crippen LogP) is 2.55. The predicted molar refractivity (Wildman–Crippen MR) is 87.5 cm³/mol. The van der Waals surface area contributed by atoms with Gasteiger partial charge in [-0.25, -0.2) is 9.38 Å². The molecule has 0 saturated carbocycles. The van der Waals surface area contributed by atoms with Crippen LogP contribution in [0.5, 0.6) is 0 Å². The third-order valence-corrected chi connectivity index (χ3v) is 3.32. The van der Waals surface area contributed by atoms with Gasteiger partial charge in [0.25, 0.3) is 0 Å². The zero-order valence-electron chi connectivity index (χ0n) is 13.4. The van der Waals surface area contributed by atoms with E-state index in [0.29, 0.717) is 24.8 Å². The summed E-state index contributed by atoms with van der Waals surface area (Å²) < 4.78 is 18.1. The summed E-state index contributed by atoms with van der Waals surface area (Å²) in [4.78, 5) is 6.35. The van der Waals surface area contributed by atoms with Gasteiger partial charge in [-0.15, -0.1) is 0 Å². The molecule has 2 N–H and O–H groups in total. The minimum absolute atomic E-state index is 0.198. The molecule has 0 saturated heterocycles. The zero-order valence-corrected chi connectivity index (χ0v) is 13.4. The number of nitrogens with one attached hydrogen (secondary N) is 1. The standard InChI is InChI=1S/C17H22FN3O2/c1-3-19-17(20-11-15(22)16-5-4-10-23-16)21(2)12-13-6-8-14(18)9-7-13/h4-10,15,22H,3,11-12H2,1-2H3,(H,19,20). The lowest BCUT2D eigenvalue weighted by Gasteiger charge is -2.22. The summed E-state index contributed by atoms with van der Waals surface area (Å²) in [5.41, 5.74) is 0.978. The van der Waals surface area contributed by atoms with E-state index in [0.717, 1.165) is 5.56 Å². The highest BCUT2D eigenvalue weighted by molar-refractivity contribution is 5.79. The van der Waals surface area contributed by atoms with Crippen LogP contribution in [0.1, 0.15) is 24.4 Å². The van der Waals surface area contributed by atoms with E-state index in [-0.39, 0.29) is 12.4 Å². The Labute approximate surface area is 135 Å². The number of furan rings is 1. The fourth-order valence-electron chi connectivity index (χ4n) is 2.15. The van der Waals surface area contributed by atoms with Crippen molar-refractivity contribution < 1.29 is 13.9 Å². The fourth-order valence-corrected chi connectivity index (χ4v) is 2.15. The van der Waals surface area contributed by atoms with Crippen LogP contribution in [0.25, 0.3) is 0 Å². The molecule has 0 aliphatic rings. The smallest absolute Gasteiger partial charge is 0.194 e. The molecule has 0 spiro atoms. The molecule has 5 nitrogen and oxygen atoms in total. The third kappa shape index (κ3) is 5.10. The highest BCUT2D eigenvalue weighted by atomic mass is 19.1. The van der Waals surface area contributed by atoms with Gasteiger partial charge in [0, 0.05) is 20.1 Å². The number of benzene rings is 1. The molecule has 0 fully saturated rings. The van der Waals surface area contributed by atoms with Gasteiger partial charge in [0.05, 0.1) is 12.8 Å². The van der Waals surface area contributed by atoms with Crippen LogP contribution in [0, 0.1) is 5.82 Å². The first-order valence-electron chi connectivity index (χ1n) is 7.55. The van der Waals surface area contributed by atoms with Crippen molar-refractivity contribution in [2.45, 2.75) is 19.6 Å². The van der Waals surface area contributed by atoms with Gasteiger partial charge in [-0.2, -0.15) is 0 Å². The summed E-state index contributed by atoms with van der Waals surface area (Å²) in [7, 11) is 1.89. The van der Waals surface area contributed by atoms with Crippen LogP contribution in [0.2, 0.25) is 0 Å². The average molecular weight is 319 g/mol. The van der Waals surface area contributed by atoms with E-state index in [2.05, 4.69) is 10.3 Å². The van der Waals surface area contributed by atoms with E-state index in [4.69, 9.17) is 4.42 Å². The number of hydrogen-bond acceptors (Lipinski definition) is 3. The minimum Gasteiger partial charge on any atom is -0.467 e. The van der Waals surface area contributed by atoms with Gasteiger partial charge in [-0.1, -0.05) is 12.1 Å². The molecule has 1 atom stereocenters. The normalized spacial score (nSPS) is 13.0. The molecule has 2 rings (SSSR count). The van der Waals surface area contributed by atoms with Gasteiger partial charge in [-0.05, 0) is 36.8 Å². The number of aliphatic imine (C=N–C) groups is 1. The molecule has 23 heavy (non-hydrogen) atoms. The summed E-state index contributed by atoms with van der Waals surface area (Å²) in [5, 5.41) is 13.2. The van der Waals surface area contributed by atoms with Gasteiger partial charge < -0.3 is 19.7 Å². The van der Waals surface area contributed by atoms with E-state index >= 15 is 0 Å². The molecule has 0 aliphatic heterocycles. The molecule has 124 valence electrons. The first-order chi connectivity index (χ1) is 11.1. The third-order valence-electron chi connectivity index (χ3n) is 3.32. The van der Waals surface area contributed by atoms with Gasteiger partial charge >= 0.3 is 0 Å². The van der Waals surface area contributed by atoms with Crippen LogP contribution < -0.4 is 5.32 Å². The van der Waals surface area contributed by atoms with Gasteiger partial charge in [0.2, 0.25) is 0 Å². The molecule has 0 bridgehead atoms. The summed E-state index contributed by atoms with van der Waals surface area (Å²) in [5.74, 6) is 0.909. The lowest BCUT2D eigenvalue weighted by atomic mass is 10.2. The van der Waals surface area contributed by atoms with Crippen molar-refractivity contribution in [3.63, 3.8) is 0 Å². The summed E-state index contributed by atoms with van der Waals surface area (Å²) in [6.45, 7) is 3.47. The maximum Gasteiger partial charge on any atom is 0.194 e. The van der Waals surface area contributed by atoms with Crippen LogP contribution in [-0.4, -0.2) is 36.1 Å². The van der Waals surface area contributed by atoms with E-state index in [1.54, 1.807) is 24.3 Å².